The van der Waals surface area contributed by atoms with Crippen molar-refractivity contribution in [2.75, 3.05) is 31.1 Å². The van der Waals surface area contributed by atoms with Crippen molar-refractivity contribution >= 4 is 29.0 Å². The van der Waals surface area contributed by atoms with Crippen LogP contribution in [0.3, 0.4) is 0 Å². The number of benzene rings is 1. The van der Waals surface area contributed by atoms with Gasteiger partial charge < -0.3 is 9.80 Å². The number of fused-ring (bicyclic) bond motifs is 1. The summed E-state index contributed by atoms with van der Waals surface area (Å²) in [4.78, 5) is 31.1. The summed E-state index contributed by atoms with van der Waals surface area (Å²) in [6, 6.07) is 8.07. The Morgan fingerprint density at radius 3 is 2.63 bits per heavy atom. The lowest BCUT2D eigenvalue weighted by Gasteiger charge is -2.36. The van der Waals surface area contributed by atoms with E-state index in [0.717, 1.165) is 25.9 Å². The minimum absolute atomic E-state index is 0.232. The number of carbonyl (C=O) groups excluding carboxylic acids is 2. The van der Waals surface area contributed by atoms with Gasteiger partial charge >= 0.3 is 6.03 Å². The summed E-state index contributed by atoms with van der Waals surface area (Å²) in [5, 5.41) is 0. The Kier molecular flexibility index (Phi) is 5.99. The van der Waals surface area contributed by atoms with E-state index in [4.69, 9.17) is 0 Å². The number of amides is 3. The predicted molar refractivity (Wildman–Crippen MR) is 121 cm³/mol. The fourth-order valence-corrected chi connectivity index (χ4v) is 5.40. The first-order chi connectivity index (χ1) is 14.4. The largest absolute Gasteiger partial charge is 0.368 e. The summed E-state index contributed by atoms with van der Waals surface area (Å²) >= 11 is 1.55. The highest BCUT2D eigenvalue weighted by Crippen LogP contribution is 2.32. The Balaban J connectivity index is 1.28. The van der Waals surface area contributed by atoms with Crippen LogP contribution >= 0.6 is 11.3 Å². The lowest BCUT2D eigenvalue weighted by molar-refractivity contribution is 0.0933. The molecule has 160 valence electrons. The number of rotatable bonds is 2. The zero-order valence-electron chi connectivity index (χ0n) is 18.0. The van der Waals surface area contributed by atoms with Gasteiger partial charge in [0.2, 0.25) is 0 Å². The highest BCUT2D eigenvalue weighted by Gasteiger charge is 2.24. The fourth-order valence-electron chi connectivity index (χ4n) is 4.30. The van der Waals surface area contributed by atoms with Crippen LogP contribution < -0.4 is 15.8 Å². The van der Waals surface area contributed by atoms with E-state index in [9.17, 15) is 9.59 Å². The number of piperazine rings is 1. The maximum Gasteiger partial charge on any atom is 0.336 e. The molecule has 2 heterocycles. The third-order valence-electron chi connectivity index (χ3n) is 6.32. The van der Waals surface area contributed by atoms with E-state index in [0.29, 0.717) is 23.9 Å². The van der Waals surface area contributed by atoms with Gasteiger partial charge in [0.25, 0.3) is 5.91 Å². The molecule has 30 heavy (non-hydrogen) atoms. The molecule has 2 aliphatic rings. The van der Waals surface area contributed by atoms with E-state index >= 15 is 0 Å². The van der Waals surface area contributed by atoms with Crippen molar-refractivity contribution in [3.8, 4) is 0 Å². The zero-order valence-corrected chi connectivity index (χ0v) is 18.8. The van der Waals surface area contributed by atoms with Gasteiger partial charge in [0.15, 0.2) is 0 Å². The number of hydrazine groups is 1. The molecule has 1 saturated heterocycles. The molecule has 3 amide bonds. The molecule has 0 radical (unpaired) electrons. The molecular formula is C23H30N4O2S. The van der Waals surface area contributed by atoms with Crippen molar-refractivity contribution in [1.82, 2.24) is 15.8 Å². The molecule has 1 aromatic heterocycles. The highest BCUT2D eigenvalue weighted by atomic mass is 32.1. The topological polar surface area (TPSA) is 64.7 Å². The van der Waals surface area contributed by atoms with Crippen LogP contribution in [-0.2, 0) is 12.8 Å². The number of hydrogen-bond acceptors (Lipinski definition) is 4. The van der Waals surface area contributed by atoms with Crippen LogP contribution in [-0.4, -0.2) is 43.0 Å². The minimum atomic E-state index is -0.251. The monoisotopic (exact) mass is 426 g/mol. The molecule has 0 spiro atoms. The maximum atomic E-state index is 12.5. The molecule has 0 bridgehead atoms. The third-order valence-corrected chi connectivity index (χ3v) is 7.56. The quantitative estimate of drug-likeness (QED) is 0.721. The van der Waals surface area contributed by atoms with Gasteiger partial charge in [-0.25, -0.2) is 10.2 Å². The second-order valence-electron chi connectivity index (χ2n) is 8.48. The molecule has 0 saturated carbocycles. The van der Waals surface area contributed by atoms with Gasteiger partial charge in [-0.05, 0) is 67.9 Å². The Labute approximate surface area is 182 Å². The number of carbonyl (C=O) groups is 2. The van der Waals surface area contributed by atoms with Crippen LogP contribution in [0.1, 0.15) is 44.6 Å². The summed E-state index contributed by atoms with van der Waals surface area (Å²) in [7, 11) is 0. The van der Waals surface area contributed by atoms with Crippen LogP contribution in [0.25, 0.3) is 0 Å². The van der Waals surface area contributed by atoms with Gasteiger partial charge in [-0.3, -0.25) is 10.2 Å². The molecule has 1 aromatic carbocycles. The first-order valence-electron chi connectivity index (χ1n) is 10.7. The molecule has 1 atom stereocenters. The third kappa shape index (κ3) is 4.31. The van der Waals surface area contributed by atoms with Crippen LogP contribution in [0.2, 0.25) is 0 Å². The highest BCUT2D eigenvalue weighted by molar-refractivity contribution is 7.14. The SMILES string of the molecule is Cc1cccc(N2CCN(C(=O)NNC(=O)c3cc4c(s3)CCC(C)C4)CC2)c1C. The number of urea groups is 1. The molecular weight excluding hydrogens is 396 g/mol. The Bertz CT molecular complexity index is 947. The smallest absolute Gasteiger partial charge is 0.336 e. The molecule has 1 aliphatic heterocycles. The van der Waals surface area contributed by atoms with Gasteiger partial charge in [0.05, 0.1) is 4.88 Å². The van der Waals surface area contributed by atoms with E-state index in [1.165, 1.54) is 33.7 Å². The normalized spacial score (nSPS) is 18.7. The zero-order chi connectivity index (χ0) is 21.3. The summed E-state index contributed by atoms with van der Waals surface area (Å²) in [5.74, 6) is 0.439. The van der Waals surface area contributed by atoms with Gasteiger partial charge in [0, 0.05) is 36.7 Å². The Morgan fingerprint density at radius 1 is 1.10 bits per heavy atom. The summed E-state index contributed by atoms with van der Waals surface area (Å²) in [6.07, 6.45) is 3.26. The molecule has 1 fully saturated rings. The average molecular weight is 427 g/mol. The molecule has 4 rings (SSSR count). The van der Waals surface area contributed by atoms with Crippen molar-refractivity contribution in [2.24, 2.45) is 5.92 Å². The van der Waals surface area contributed by atoms with Crippen LogP contribution in [0.4, 0.5) is 10.5 Å². The van der Waals surface area contributed by atoms with Gasteiger partial charge in [-0.15, -0.1) is 11.3 Å². The maximum absolute atomic E-state index is 12.5. The first-order valence-corrected chi connectivity index (χ1v) is 11.5. The second kappa shape index (κ2) is 8.68. The number of nitrogens with one attached hydrogen (secondary N) is 2. The molecule has 7 heteroatoms. The number of aryl methyl sites for hydroxylation is 2. The molecule has 2 aromatic rings. The van der Waals surface area contributed by atoms with Crippen molar-refractivity contribution in [2.45, 2.75) is 40.0 Å². The summed E-state index contributed by atoms with van der Waals surface area (Å²) in [5.41, 5.74) is 10.3. The van der Waals surface area contributed by atoms with Gasteiger partial charge in [-0.1, -0.05) is 19.1 Å². The standard InChI is InChI=1S/C23H30N4O2S/c1-15-7-8-20-18(13-15)14-21(30-20)22(28)24-25-23(29)27-11-9-26(10-12-27)19-6-4-5-16(2)17(19)3/h4-6,14-15H,7-13H2,1-3H3,(H,24,28)(H,25,29). The van der Waals surface area contributed by atoms with E-state index in [-0.39, 0.29) is 11.9 Å². The first kappa shape index (κ1) is 20.7. The molecule has 1 unspecified atom stereocenters. The lowest BCUT2D eigenvalue weighted by atomic mass is 9.90. The van der Waals surface area contributed by atoms with Crippen molar-refractivity contribution in [1.29, 1.82) is 0 Å². The van der Waals surface area contributed by atoms with Crippen LogP contribution in [0, 0.1) is 19.8 Å². The number of hydrogen-bond donors (Lipinski definition) is 2. The predicted octanol–water partition coefficient (Wildman–Crippen LogP) is 3.67. The Morgan fingerprint density at radius 2 is 1.87 bits per heavy atom. The number of thiophene rings is 1. The van der Waals surface area contributed by atoms with E-state index in [1.54, 1.807) is 16.2 Å². The average Bonchev–Trinajstić information content (AvgIpc) is 3.17. The minimum Gasteiger partial charge on any atom is -0.368 e. The Hall–Kier alpha value is -2.54. The van der Waals surface area contributed by atoms with Crippen LogP contribution in [0.15, 0.2) is 24.3 Å². The van der Waals surface area contributed by atoms with E-state index in [2.05, 4.69) is 54.7 Å². The van der Waals surface area contributed by atoms with Gasteiger partial charge in [0.1, 0.15) is 0 Å². The summed E-state index contributed by atoms with van der Waals surface area (Å²) in [6.45, 7) is 9.32. The number of nitrogens with zero attached hydrogens (tertiary/aromatic N) is 2. The molecule has 2 N–H and O–H groups in total. The van der Waals surface area contributed by atoms with Gasteiger partial charge in [-0.2, -0.15) is 0 Å². The van der Waals surface area contributed by atoms with Crippen molar-refractivity contribution < 1.29 is 9.59 Å². The van der Waals surface area contributed by atoms with Crippen molar-refractivity contribution in [3.05, 3.63) is 50.7 Å². The molecule has 1 aliphatic carbocycles. The lowest BCUT2D eigenvalue weighted by Crippen LogP contribution is -2.55. The second-order valence-corrected chi connectivity index (χ2v) is 9.62. The summed E-state index contributed by atoms with van der Waals surface area (Å²) < 4.78 is 0. The van der Waals surface area contributed by atoms with E-state index in [1.807, 2.05) is 6.07 Å². The van der Waals surface area contributed by atoms with E-state index < -0.39 is 0 Å². The van der Waals surface area contributed by atoms with Crippen molar-refractivity contribution in [3.63, 3.8) is 0 Å². The number of anilines is 1. The fraction of sp³-hybridized carbons (Fsp3) is 0.478. The molecule has 6 nitrogen and oxygen atoms in total. The van der Waals surface area contributed by atoms with Crippen LogP contribution in [0.5, 0.6) is 0 Å².